The Kier molecular flexibility index (Phi) is 9.32. The normalized spacial score (nSPS) is 13.3. The predicted molar refractivity (Wildman–Crippen MR) is 255 cm³/mol. The Morgan fingerprint density at radius 3 is 1.58 bits per heavy atom. The zero-order valence-electron chi connectivity index (χ0n) is 33.7. The van der Waals surface area contributed by atoms with Crippen molar-refractivity contribution in [1.29, 1.82) is 0 Å². The largest absolute Gasteiger partial charge is 0.310 e. The molecule has 11 rings (SSSR count). The molecule has 1 aromatic heterocycles. The highest BCUT2D eigenvalue weighted by Crippen LogP contribution is 2.42. The number of aromatic nitrogens is 1. The van der Waals surface area contributed by atoms with Crippen molar-refractivity contribution in [3.8, 4) is 39.1 Å². The average Bonchev–Trinajstić information content (AvgIpc) is 3.66. The minimum Gasteiger partial charge on any atom is -0.310 e. The van der Waals surface area contributed by atoms with Gasteiger partial charge in [-0.1, -0.05) is 171 Å². The third-order valence-corrected chi connectivity index (χ3v) is 12.8. The first kappa shape index (κ1) is 36.0. The van der Waals surface area contributed by atoms with Crippen molar-refractivity contribution in [2.24, 2.45) is 0 Å². The van der Waals surface area contributed by atoms with Crippen LogP contribution in [0.5, 0.6) is 0 Å². The van der Waals surface area contributed by atoms with Gasteiger partial charge in [0.05, 0.1) is 11.0 Å². The van der Waals surface area contributed by atoms with Gasteiger partial charge in [-0.2, -0.15) is 0 Å². The molecule has 0 bridgehead atoms. The molecule has 0 spiro atoms. The number of hydrogen-bond acceptors (Lipinski definition) is 1. The van der Waals surface area contributed by atoms with Crippen molar-refractivity contribution in [1.82, 2.24) is 4.57 Å². The summed E-state index contributed by atoms with van der Waals surface area (Å²) in [4.78, 5) is 2.41. The van der Waals surface area contributed by atoms with Gasteiger partial charge in [0.15, 0.2) is 0 Å². The molecule has 0 radical (unpaired) electrons. The molecule has 10 aromatic rings. The van der Waals surface area contributed by atoms with E-state index in [9.17, 15) is 0 Å². The molecule has 1 heterocycles. The first-order chi connectivity index (χ1) is 29.8. The Bertz CT molecular complexity index is 3080. The lowest BCUT2D eigenvalue weighted by molar-refractivity contribution is 0.443. The second-order valence-corrected chi connectivity index (χ2v) is 16.4. The van der Waals surface area contributed by atoms with Gasteiger partial charge in [-0.3, -0.25) is 0 Å². The molecule has 288 valence electrons. The first-order valence-corrected chi connectivity index (χ1v) is 21.5. The molecule has 1 saturated carbocycles. The molecule has 0 saturated heterocycles. The van der Waals surface area contributed by atoms with Gasteiger partial charge in [-0.05, 0) is 129 Å². The Hall–Kier alpha value is -7.16. The summed E-state index contributed by atoms with van der Waals surface area (Å²) in [6, 6.07) is 78.1. The topological polar surface area (TPSA) is 8.17 Å². The molecule has 60 heavy (non-hydrogen) atoms. The van der Waals surface area contributed by atoms with Gasteiger partial charge in [0.2, 0.25) is 0 Å². The number of rotatable bonds is 8. The minimum atomic E-state index is 0.709. The van der Waals surface area contributed by atoms with Crippen LogP contribution in [0.25, 0.3) is 71.6 Å². The fraction of sp³-hybridized carbons (Fsp3) is 0.103. The summed E-state index contributed by atoms with van der Waals surface area (Å²) >= 11 is 0. The van der Waals surface area contributed by atoms with E-state index in [1.54, 1.807) is 0 Å². The molecule has 0 unspecified atom stereocenters. The number of anilines is 3. The molecule has 0 aliphatic heterocycles. The van der Waals surface area contributed by atoms with E-state index in [2.05, 4.69) is 222 Å². The summed E-state index contributed by atoms with van der Waals surface area (Å²) < 4.78 is 2.38. The van der Waals surface area contributed by atoms with Gasteiger partial charge < -0.3 is 9.47 Å². The zero-order chi connectivity index (χ0) is 39.8. The van der Waals surface area contributed by atoms with Crippen LogP contribution in [0.4, 0.5) is 17.1 Å². The van der Waals surface area contributed by atoms with Crippen LogP contribution in [0.3, 0.4) is 0 Å². The van der Waals surface area contributed by atoms with Gasteiger partial charge in [-0.15, -0.1) is 0 Å². The SMILES string of the molecule is c1ccc(-c2cccc3cccc(-c4ccc(N(c5ccc(-c6ccc(C7CCCCC7)cc6)cc5)c5ccc6c(c5)c5ccccc5n6-c5ccccc5)cc4)c23)cc1. The molecule has 0 amide bonds. The Morgan fingerprint density at radius 2 is 0.917 bits per heavy atom. The quantitative estimate of drug-likeness (QED) is 0.149. The molecular formula is C58H46N2. The van der Waals surface area contributed by atoms with Crippen molar-refractivity contribution in [3.05, 3.63) is 218 Å². The van der Waals surface area contributed by atoms with Gasteiger partial charge in [0.1, 0.15) is 0 Å². The molecule has 2 heteroatoms. The summed E-state index contributed by atoms with van der Waals surface area (Å²) in [6.07, 6.45) is 6.73. The van der Waals surface area contributed by atoms with Crippen molar-refractivity contribution in [3.63, 3.8) is 0 Å². The van der Waals surface area contributed by atoms with Crippen molar-refractivity contribution >= 4 is 49.6 Å². The van der Waals surface area contributed by atoms with Crippen LogP contribution in [0.15, 0.2) is 212 Å². The number of fused-ring (bicyclic) bond motifs is 4. The van der Waals surface area contributed by atoms with E-state index in [-0.39, 0.29) is 0 Å². The van der Waals surface area contributed by atoms with Crippen molar-refractivity contribution in [2.45, 2.75) is 38.0 Å². The summed E-state index contributed by atoms with van der Waals surface area (Å²) in [6.45, 7) is 0. The fourth-order valence-corrected chi connectivity index (χ4v) is 9.82. The maximum Gasteiger partial charge on any atom is 0.0542 e. The highest BCUT2D eigenvalue weighted by atomic mass is 15.1. The minimum absolute atomic E-state index is 0.709. The van der Waals surface area contributed by atoms with Crippen LogP contribution in [0.1, 0.15) is 43.6 Å². The van der Waals surface area contributed by atoms with E-state index in [4.69, 9.17) is 0 Å². The van der Waals surface area contributed by atoms with Crippen molar-refractivity contribution < 1.29 is 0 Å². The van der Waals surface area contributed by atoms with E-state index in [0.717, 1.165) is 22.7 Å². The van der Waals surface area contributed by atoms with Crippen LogP contribution in [0, 0.1) is 0 Å². The zero-order valence-corrected chi connectivity index (χ0v) is 33.7. The Balaban J connectivity index is 1.02. The number of hydrogen-bond donors (Lipinski definition) is 0. The number of para-hydroxylation sites is 2. The van der Waals surface area contributed by atoms with E-state index in [0.29, 0.717) is 5.92 Å². The van der Waals surface area contributed by atoms with Gasteiger partial charge >= 0.3 is 0 Å². The van der Waals surface area contributed by atoms with Crippen LogP contribution in [0.2, 0.25) is 0 Å². The lowest BCUT2D eigenvalue weighted by Gasteiger charge is -2.26. The fourth-order valence-electron chi connectivity index (χ4n) is 9.82. The Labute approximate surface area is 352 Å². The van der Waals surface area contributed by atoms with Crippen LogP contribution < -0.4 is 4.90 Å². The second-order valence-electron chi connectivity index (χ2n) is 16.4. The van der Waals surface area contributed by atoms with E-state index < -0.39 is 0 Å². The van der Waals surface area contributed by atoms with Gasteiger partial charge in [-0.25, -0.2) is 0 Å². The smallest absolute Gasteiger partial charge is 0.0542 e. The number of benzene rings is 9. The monoisotopic (exact) mass is 770 g/mol. The predicted octanol–water partition coefficient (Wildman–Crippen LogP) is 16.5. The summed E-state index contributed by atoms with van der Waals surface area (Å²) in [5.41, 5.74) is 15.8. The van der Waals surface area contributed by atoms with Crippen molar-refractivity contribution in [2.75, 3.05) is 4.90 Å². The average molecular weight is 771 g/mol. The molecular weight excluding hydrogens is 725 g/mol. The molecule has 1 fully saturated rings. The molecule has 2 nitrogen and oxygen atoms in total. The highest BCUT2D eigenvalue weighted by Gasteiger charge is 2.19. The first-order valence-electron chi connectivity index (χ1n) is 21.5. The van der Waals surface area contributed by atoms with E-state index in [1.807, 2.05) is 0 Å². The molecule has 0 N–H and O–H groups in total. The van der Waals surface area contributed by atoms with Crippen LogP contribution in [-0.4, -0.2) is 4.57 Å². The third-order valence-electron chi connectivity index (χ3n) is 12.8. The molecule has 0 atom stereocenters. The van der Waals surface area contributed by atoms with E-state index >= 15 is 0 Å². The third kappa shape index (κ3) is 6.55. The summed E-state index contributed by atoms with van der Waals surface area (Å²) in [5.74, 6) is 0.709. The molecule has 1 aliphatic rings. The number of nitrogens with zero attached hydrogens (tertiary/aromatic N) is 2. The summed E-state index contributed by atoms with van der Waals surface area (Å²) in [5, 5.41) is 4.99. The lowest BCUT2D eigenvalue weighted by atomic mass is 9.84. The maximum atomic E-state index is 2.41. The van der Waals surface area contributed by atoms with Crippen LogP contribution in [-0.2, 0) is 0 Å². The summed E-state index contributed by atoms with van der Waals surface area (Å²) in [7, 11) is 0. The van der Waals surface area contributed by atoms with E-state index in [1.165, 1.54) is 104 Å². The highest BCUT2D eigenvalue weighted by molar-refractivity contribution is 6.11. The lowest BCUT2D eigenvalue weighted by Crippen LogP contribution is -2.10. The second kappa shape index (κ2) is 15.5. The van der Waals surface area contributed by atoms with Gasteiger partial charge in [0, 0.05) is 33.5 Å². The molecule has 9 aromatic carbocycles. The Morgan fingerprint density at radius 1 is 0.383 bits per heavy atom. The van der Waals surface area contributed by atoms with Gasteiger partial charge in [0.25, 0.3) is 0 Å². The maximum absolute atomic E-state index is 2.41. The molecule has 1 aliphatic carbocycles. The standard InChI is InChI=1S/C58H46N2/c1-4-14-41(15-5-1)42-26-28-43(29-27-42)44-30-34-49(35-31-44)59(51-38-39-57-55(40-51)54-22-10-11-25-56(54)60(57)48-20-8-3-9-21-48)50-36-32-46(33-37-50)53-24-13-19-47-18-12-23-52(58(47)53)45-16-6-2-7-17-45/h2-3,6-13,16-41H,1,4-5,14-15H2. The van der Waals surface area contributed by atoms with Crippen LogP contribution >= 0.6 is 0 Å².